The molecule has 4 aliphatic carbocycles. The van der Waals surface area contributed by atoms with Crippen molar-refractivity contribution in [2.24, 2.45) is 45.3 Å². The van der Waals surface area contributed by atoms with Crippen LogP contribution in [0.1, 0.15) is 121 Å². The Labute approximate surface area is 270 Å². The van der Waals surface area contributed by atoms with E-state index in [1.54, 1.807) is 20.8 Å². The third-order valence-electron chi connectivity index (χ3n) is 12.5. The average Bonchev–Trinajstić information content (AvgIpc) is 3.19. The molecule has 0 aromatic heterocycles. The van der Waals surface area contributed by atoms with E-state index in [0.29, 0.717) is 37.2 Å². The second-order valence-corrected chi connectivity index (χ2v) is 16.6. The van der Waals surface area contributed by atoms with Crippen LogP contribution >= 0.6 is 0 Å². The second kappa shape index (κ2) is 12.8. The number of hydrogen-bond donors (Lipinski definition) is 2. The molecule has 0 aromatic carbocycles. The van der Waals surface area contributed by atoms with Crippen molar-refractivity contribution in [2.45, 2.75) is 139 Å². The molecule has 0 bridgehead atoms. The Hall–Kier alpha value is -2.19. The molecule has 0 aliphatic heterocycles. The van der Waals surface area contributed by atoms with E-state index in [4.69, 9.17) is 14.2 Å². The monoisotopic (exact) mass is 630 g/mol. The van der Waals surface area contributed by atoms with Gasteiger partial charge in [-0.3, -0.25) is 9.59 Å². The highest BCUT2D eigenvalue weighted by atomic mass is 16.7. The lowest BCUT2D eigenvalue weighted by Gasteiger charge is -2.69. The number of aliphatic hydroxyl groups is 2. The Kier molecular flexibility index (Phi) is 10.1. The molecule has 0 saturated heterocycles. The van der Waals surface area contributed by atoms with Crippen LogP contribution in [0.2, 0.25) is 0 Å². The van der Waals surface area contributed by atoms with Crippen LogP contribution in [0.3, 0.4) is 0 Å². The van der Waals surface area contributed by atoms with Crippen molar-refractivity contribution in [3.63, 3.8) is 0 Å². The summed E-state index contributed by atoms with van der Waals surface area (Å²) in [6, 6.07) is 0. The van der Waals surface area contributed by atoms with E-state index in [0.717, 1.165) is 36.8 Å². The quantitative estimate of drug-likeness (QED) is 0.139. The minimum absolute atomic E-state index is 0.00941. The highest BCUT2D eigenvalue weighted by Crippen LogP contribution is 2.74. The summed E-state index contributed by atoms with van der Waals surface area (Å²) in [5.74, 6) is -1.16. The van der Waals surface area contributed by atoms with E-state index in [2.05, 4.69) is 33.8 Å². The minimum atomic E-state index is -0.737. The number of ether oxygens (including phenoxy) is 3. The third-order valence-corrected chi connectivity index (χ3v) is 12.5. The molecule has 2 N–H and O–H groups in total. The summed E-state index contributed by atoms with van der Waals surface area (Å²) in [6.45, 7) is 19.2. The van der Waals surface area contributed by atoms with Crippen molar-refractivity contribution in [1.29, 1.82) is 0 Å². The molecule has 8 heteroatoms. The summed E-state index contributed by atoms with van der Waals surface area (Å²) in [4.78, 5) is 38.8. The van der Waals surface area contributed by atoms with Gasteiger partial charge in [-0.15, -0.1) is 0 Å². The van der Waals surface area contributed by atoms with E-state index in [9.17, 15) is 24.6 Å². The van der Waals surface area contributed by atoms with Gasteiger partial charge in [-0.25, -0.2) is 4.79 Å². The lowest BCUT2D eigenvalue weighted by molar-refractivity contribution is -0.234. The highest BCUT2D eigenvalue weighted by Gasteiger charge is 2.70. The van der Waals surface area contributed by atoms with Crippen molar-refractivity contribution in [1.82, 2.24) is 0 Å². The van der Waals surface area contributed by atoms with Gasteiger partial charge in [0.25, 0.3) is 0 Å². The molecule has 8 nitrogen and oxygen atoms in total. The van der Waals surface area contributed by atoms with Gasteiger partial charge in [-0.1, -0.05) is 39.3 Å². The molecular weight excluding hydrogens is 572 g/mol. The minimum Gasteiger partial charge on any atom is -0.458 e. The van der Waals surface area contributed by atoms with Gasteiger partial charge in [-0.2, -0.15) is 0 Å². The summed E-state index contributed by atoms with van der Waals surface area (Å²) >= 11 is 0. The summed E-state index contributed by atoms with van der Waals surface area (Å²) in [5, 5.41) is 22.9. The number of fused-ring (bicyclic) bond motifs is 5. The standard InChI is InChI=1S/C37H58O8/c1-21(2)12-11-13-24(32(41)43-20-44-33(42)34(5,6)7)30-26-18-28(40)31-35(8)16-15-27(39)22(3)25(35)14-17-36(31,9)37(26,10)19-29(30)45-23(4)38/h12,22,25-29,31,39-40H,11,13-20H2,1-10H3/b30-24-/t22-,25-,26-,27+,28+,29-,31-,35-,36-,37-/m0/s1. The van der Waals surface area contributed by atoms with Crippen LogP contribution in [0.25, 0.3) is 0 Å². The fourth-order valence-corrected chi connectivity index (χ4v) is 10.2. The maximum Gasteiger partial charge on any atom is 0.336 e. The van der Waals surface area contributed by atoms with Crippen LogP contribution in [0.5, 0.6) is 0 Å². The molecular formula is C37H58O8. The van der Waals surface area contributed by atoms with E-state index in [1.165, 1.54) is 6.92 Å². The van der Waals surface area contributed by atoms with Gasteiger partial charge in [-0.05, 0) is 131 Å². The summed E-state index contributed by atoms with van der Waals surface area (Å²) in [6.07, 6.45) is 5.95. The van der Waals surface area contributed by atoms with Gasteiger partial charge in [0, 0.05) is 12.5 Å². The summed E-state index contributed by atoms with van der Waals surface area (Å²) in [7, 11) is 0. The Morgan fingerprint density at radius 1 is 0.956 bits per heavy atom. The van der Waals surface area contributed by atoms with Crippen molar-refractivity contribution >= 4 is 17.9 Å². The lowest BCUT2D eigenvalue weighted by Crippen LogP contribution is -2.65. The molecule has 0 unspecified atom stereocenters. The van der Waals surface area contributed by atoms with E-state index < -0.39 is 42.3 Å². The molecule has 45 heavy (non-hydrogen) atoms. The molecule has 4 saturated carbocycles. The van der Waals surface area contributed by atoms with Crippen LogP contribution < -0.4 is 0 Å². The molecule has 0 radical (unpaired) electrons. The summed E-state index contributed by atoms with van der Waals surface area (Å²) < 4.78 is 16.9. The first kappa shape index (κ1) is 35.7. The van der Waals surface area contributed by atoms with Crippen LogP contribution in [-0.2, 0) is 28.6 Å². The zero-order valence-electron chi connectivity index (χ0n) is 29.3. The van der Waals surface area contributed by atoms with Crippen LogP contribution in [0.15, 0.2) is 22.8 Å². The number of hydrogen-bond acceptors (Lipinski definition) is 8. The number of aliphatic hydroxyl groups excluding tert-OH is 2. The Balaban J connectivity index is 1.78. The lowest BCUT2D eigenvalue weighted by atomic mass is 9.36. The molecule has 10 atom stereocenters. The normalized spacial score (nSPS) is 40.3. The molecule has 0 amide bonds. The van der Waals surface area contributed by atoms with Gasteiger partial charge in [0.2, 0.25) is 6.79 Å². The van der Waals surface area contributed by atoms with E-state index in [-0.39, 0.29) is 40.1 Å². The molecule has 254 valence electrons. The molecule has 4 aliphatic rings. The fourth-order valence-electron chi connectivity index (χ4n) is 10.2. The SMILES string of the molecule is CC(=O)O[C@H]1C[C@@]2(C)[C@@H](C[C@@H](O)[C@H]3[C@@]4(C)CC[C@@H](O)[C@@H](C)[C@@H]4CC[C@@]32C)/C1=C(\CCC=C(C)C)C(=O)OCOC(=O)C(C)(C)C. The molecule has 4 rings (SSSR count). The van der Waals surface area contributed by atoms with Crippen molar-refractivity contribution in [3.8, 4) is 0 Å². The maximum absolute atomic E-state index is 13.9. The zero-order chi connectivity index (χ0) is 33.7. The van der Waals surface area contributed by atoms with Gasteiger partial charge in [0.05, 0.1) is 17.6 Å². The van der Waals surface area contributed by atoms with Gasteiger partial charge in [0.15, 0.2) is 0 Å². The number of esters is 3. The Morgan fingerprint density at radius 2 is 1.62 bits per heavy atom. The maximum atomic E-state index is 13.9. The number of rotatable bonds is 7. The first-order chi connectivity index (χ1) is 20.8. The van der Waals surface area contributed by atoms with Crippen molar-refractivity contribution in [2.75, 3.05) is 6.79 Å². The van der Waals surface area contributed by atoms with Gasteiger partial charge >= 0.3 is 17.9 Å². The summed E-state index contributed by atoms with van der Waals surface area (Å²) in [5.41, 5.74) is 0.798. The molecule has 0 spiro atoms. The van der Waals surface area contributed by atoms with Crippen molar-refractivity contribution < 1.29 is 38.8 Å². The number of allylic oxidation sites excluding steroid dienone is 2. The molecule has 0 heterocycles. The predicted octanol–water partition coefficient (Wildman–Crippen LogP) is 6.67. The van der Waals surface area contributed by atoms with Gasteiger partial charge < -0.3 is 24.4 Å². The Morgan fingerprint density at radius 3 is 2.22 bits per heavy atom. The fraction of sp³-hybridized carbons (Fsp3) is 0.811. The topological polar surface area (TPSA) is 119 Å². The van der Waals surface area contributed by atoms with Crippen LogP contribution in [-0.4, -0.2) is 53.2 Å². The van der Waals surface area contributed by atoms with Gasteiger partial charge in [0.1, 0.15) is 6.10 Å². The first-order valence-corrected chi connectivity index (χ1v) is 17.0. The van der Waals surface area contributed by atoms with E-state index >= 15 is 0 Å². The predicted molar refractivity (Wildman–Crippen MR) is 171 cm³/mol. The largest absolute Gasteiger partial charge is 0.458 e. The number of carbonyl (C=O) groups excluding carboxylic acids is 3. The highest BCUT2D eigenvalue weighted by molar-refractivity contribution is 5.90. The molecule has 0 aromatic rings. The average molecular weight is 631 g/mol. The van der Waals surface area contributed by atoms with E-state index in [1.807, 2.05) is 13.8 Å². The number of carbonyl (C=O) groups is 3. The van der Waals surface area contributed by atoms with Crippen LogP contribution in [0.4, 0.5) is 0 Å². The molecule has 4 fully saturated rings. The Bertz CT molecular complexity index is 1220. The first-order valence-electron chi connectivity index (χ1n) is 17.0. The van der Waals surface area contributed by atoms with Crippen LogP contribution in [0, 0.1) is 45.3 Å². The van der Waals surface area contributed by atoms with Crippen molar-refractivity contribution in [3.05, 3.63) is 22.8 Å². The second-order valence-electron chi connectivity index (χ2n) is 16.6. The zero-order valence-corrected chi connectivity index (χ0v) is 29.3. The smallest absolute Gasteiger partial charge is 0.336 e. The third kappa shape index (κ3) is 6.39.